The van der Waals surface area contributed by atoms with Crippen LogP contribution in [-0.4, -0.2) is 9.72 Å². The van der Waals surface area contributed by atoms with Gasteiger partial charge in [-0.05, 0) is 18.4 Å². The Kier molecular flexibility index (Phi) is 3.53. The minimum Gasteiger partial charge on any atom is -0.337 e. The maximum atomic E-state index is 13.1. The molecule has 22 heavy (non-hydrogen) atoms. The van der Waals surface area contributed by atoms with Gasteiger partial charge in [-0.15, -0.1) is 11.3 Å². The summed E-state index contributed by atoms with van der Waals surface area (Å²) in [6, 6.07) is 2.22. The number of hydrogen-bond acceptors (Lipinski definition) is 4. The van der Waals surface area contributed by atoms with Crippen molar-refractivity contribution in [3.05, 3.63) is 49.0 Å². The third-order valence-electron chi connectivity index (χ3n) is 3.19. The van der Waals surface area contributed by atoms with Gasteiger partial charge in [0.1, 0.15) is 0 Å². The smallest absolute Gasteiger partial charge is 0.337 e. The molecule has 0 aliphatic heterocycles. The van der Waals surface area contributed by atoms with Crippen LogP contribution in [0, 0.1) is 6.92 Å². The van der Waals surface area contributed by atoms with Crippen molar-refractivity contribution in [3.63, 3.8) is 0 Å². The van der Waals surface area contributed by atoms with E-state index in [0.29, 0.717) is 16.0 Å². The van der Waals surface area contributed by atoms with E-state index in [1.807, 2.05) is 0 Å². The van der Waals surface area contributed by atoms with Crippen LogP contribution in [0.5, 0.6) is 0 Å². The van der Waals surface area contributed by atoms with Crippen molar-refractivity contribution in [2.75, 3.05) is 0 Å². The van der Waals surface area contributed by atoms with Crippen LogP contribution < -0.4 is 5.56 Å². The van der Waals surface area contributed by atoms with Crippen molar-refractivity contribution >= 4 is 34.0 Å². The third-order valence-corrected chi connectivity index (χ3v) is 4.56. The fourth-order valence-corrected chi connectivity index (χ4v) is 3.26. The zero-order chi connectivity index (χ0) is 16.1. The Bertz CT molecular complexity index is 910. The summed E-state index contributed by atoms with van der Waals surface area (Å²) in [4.78, 5) is 12.7. The van der Waals surface area contributed by atoms with Gasteiger partial charge in [-0.3, -0.25) is 9.36 Å². The quantitative estimate of drug-likeness (QED) is 0.701. The number of thiophene rings is 1. The van der Waals surface area contributed by atoms with Crippen LogP contribution in [0.2, 0.25) is 5.02 Å². The zero-order valence-electron chi connectivity index (χ0n) is 11.1. The van der Waals surface area contributed by atoms with Gasteiger partial charge in [0.05, 0.1) is 28.2 Å². The number of pyridine rings is 1. The Hall–Kier alpha value is -1.80. The molecular formula is C13H8ClF3N2O2S. The van der Waals surface area contributed by atoms with E-state index in [2.05, 4.69) is 5.16 Å². The van der Waals surface area contributed by atoms with Gasteiger partial charge < -0.3 is 4.52 Å². The SMILES string of the molecule is Cc1noc2c1c(C(F)(F)F)cc(=O)n2Cc1sccc1Cl. The first-order valence-corrected chi connectivity index (χ1v) is 7.33. The number of alkyl halides is 3. The summed E-state index contributed by atoms with van der Waals surface area (Å²) in [5.74, 6) is 0. The minimum absolute atomic E-state index is 0.0264. The maximum absolute atomic E-state index is 13.1. The average molecular weight is 349 g/mol. The van der Waals surface area contributed by atoms with E-state index in [9.17, 15) is 18.0 Å². The highest BCUT2D eigenvalue weighted by atomic mass is 35.5. The summed E-state index contributed by atoms with van der Waals surface area (Å²) in [5.41, 5.74) is -1.99. The standard InChI is InChI=1S/C13H8ClF3N2O2S/c1-6-11-7(13(15,16)17)4-10(20)19(12(11)21-18-6)5-9-8(14)2-3-22-9/h2-4H,5H2,1H3. The molecule has 0 aromatic carbocycles. The van der Waals surface area contributed by atoms with E-state index in [1.54, 1.807) is 11.4 Å². The Balaban J connectivity index is 2.27. The van der Waals surface area contributed by atoms with Gasteiger partial charge in [0.2, 0.25) is 5.71 Å². The Morgan fingerprint density at radius 3 is 2.77 bits per heavy atom. The highest BCUT2D eigenvalue weighted by Gasteiger charge is 2.36. The minimum atomic E-state index is -4.66. The van der Waals surface area contributed by atoms with Gasteiger partial charge in [-0.2, -0.15) is 13.2 Å². The molecule has 3 aromatic heterocycles. The monoisotopic (exact) mass is 348 g/mol. The molecule has 0 bridgehead atoms. The van der Waals surface area contributed by atoms with Crippen molar-refractivity contribution in [1.82, 2.24) is 9.72 Å². The molecule has 0 amide bonds. The molecule has 0 fully saturated rings. The van der Waals surface area contributed by atoms with Crippen molar-refractivity contribution in [2.45, 2.75) is 19.6 Å². The Labute approximate surface area is 130 Å². The summed E-state index contributed by atoms with van der Waals surface area (Å²) < 4.78 is 45.3. The number of nitrogens with zero attached hydrogens (tertiary/aromatic N) is 2. The average Bonchev–Trinajstić information content (AvgIpc) is 2.99. The molecule has 4 nitrogen and oxygen atoms in total. The summed E-state index contributed by atoms with van der Waals surface area (Å²) in [6.45, 7) is 1.42. The van der Waals surface area contributed by atoms with Crippen molar-refractivity contribution in [1.29, 1.82) is 0 Å². The lowest BCUT2D eigenvalue weighted by atomic mass is 10.1. The molecule has 0 saturated carbocycles. The van der Waals surface area contributed by atoms with Crippen LogP contribution >= 0.6 is 22.9 Å². The first kappa shape index (κ1) is 15.1. The molecule has 0 radical (unpaired) electrons. The molecular weight excluding hydrogens is 341 g/mol. The lowest BCUT2D eigenvalue weighted by molar-refractivity contribution is -0.136. The fourth-order valence-electron chi connectivity index (χ4n) is 2.18. The lowest BCUT2D eigenvalue weighted by Crippen LogP contribution is -2.23. The molecule has 3 rings (SSSR count). The molecule has 9 heteroatoms. The first-order chi connectivity index (χ1) is 10.3. The fraction of sp³-hybridized carbons (Fsp3) is 0.231. The maximum Gasteiger partial charge on any atom is 0.417 e. The Morgan fingerprint density at radius 2 is 2.18 bits per heavy atom. The van der Waals surface area contributed by atoms with Crippen LogP contribution in [0.15, 0.2) is 26.8 Å². The van der Waals surface area contributed by atoms with Gasteiger partial charge in [0, 0.05) is 10.9 Å². The summed E-state index contributed by atoms with van der Waals surface area (Å²) in [6.07, 6.45) is -4.66. The molecule has 0 saturated heterocycles. The van der Waals surface area contributed by atoms with Crippen LogP contribution in [-0.2, 0) is 12.7 Å². The highest BCUT2D eigenvalue weighted by Crippen LogP contribution is 2.35. The number of fused-ring (bicyclic) bond motifs is 1. The molecule has 0 aliphatic rings. The third kappa shape index (κ3) is 2.42. The lowest BCUT2D eigenvalue weighted by Gasteiger charge is -2.11. The van der Waals surface area contributed by atoms with Gasteiger partial charge in [-0.1, -0.05) is 16.8 Å². The van der Waals surface area contributed by atoms with Crippen LogP contribution in [0.25, 0.3) is 11.1 Å². The van der Waals surface area contributed by atoms with E-state index in [0.717, 1.165) is 4.57 Å². The van der Waals surface area contributed by atoms with E-state index in [-0.39, 0.29) is 23.3 Å². The molecule has 0 aliphatic carbocycles. The predicted molar refractivity (Wildman–Crippen MR) is 76.4 cm³/mol. The number of rotatable bonds is 2. The normalized spacial score (nSPS) is 12.2. The second kappa shape index (κ2) is 5.13. The molecule has 3 heterocycles. The van der Waals surface area contributed by atoms with Crippen LogP contribution in [0.3, 0.4) is 0 Å². The first-order valence-electron chi connectivity index (χ1n) is 6.08. The van der Waals surface area contributed by atoms with Gasteiger partial charge in [-0.25, -0.2) is 0 Å². The molecule has 3 aromatic rings. The van der Waals surface area contributed by atoms with E-state index in [1.165, 1.54) is 18.3 Å². The molecule has 0 unspecified atom stereocenters. The molecule has 0 atom stereocenters. The van der Waals surface area contributed by atoms with E-state index < -0.39 is 17.3 Å². The van der Waals surface area contributed by atoms with Gasteiger partial charge in [0.15, 0.2) is 0 Å². The van der Waals surface area contributed by atoms with E-state index >= 15 is 0 Å². The summed E-state index contributed by atoms with van der Waals surface area (Å²) >= 11 is 7.27. The van der Waals surface area contributed by atoms with E-state index in [4.69, 9.17) is 16.1 Å². The number of aryl methyl sites for hydroxylation is 1. The second-order valence-electron chi connectivity index (χ2n) is 4.62. The zero-order valence-corrected chi connectivity index (χ0v) is 12.6. The molecule has 0 spiro atoms. The molecule has 116 valence electrons. The van der Waals surface area contributed by atoms with Crippen molar-refractivity contribution < 1.29 is 17.7 Å². The van der Waals surface area contributed by atoms with Gasteiger partial charge in [0.25, 0.3) is 5.56 Å². The number of halogens is 4. The van der Waals surface area contributed by atoms with Crippen LogP contribution in [0.4, 0.5) is 13.2 Å². The van der Waals surface area contributed by atoms with Crippen molar-refractivity contribution in [3.8, 4) is 0 Å². The summed E-state index contributed by atoms with van der Waals surface area (Å²) in [5, 5.41) is 5.53. The van der Waals surface area contributed by atoms with Crippen molar-refractivity contribution in [2.24, 2.45) is 0 Å². The topological polar surface area (TPSA) is 48.0 Å². The predicted octanol–water partition coefficient (Wildman–Crippen LogP) is 4.08. The van der Waals surface area contributed by atoms with Crippen LogP contribution in [0.1, 0.15) is 16.1 Å². The second-order valence-corrected chi connectivity index (χ2v) is 6.03. The highest BCUT2D eigenvalue weighted by molar-refractivity contribution is 7.10. The number of hydrogen-bond donors (Lipinski definition) is 0. The van der Waals surface area contributed by atoms with Gasteiger partial charge >= 0.3 is 6.18 Å². The molecule has 0 N–H and O–H groups in total. The Morgan fingerprint density at radius 1 is 1.45 bits per heavy atom. The summed E-state index contributed by atoms with van der Waals surface area (Å²) in [7, 11) is 0. The number of aromatic nitrogens is 2. The largest absolute Gasteiger partial charge is 0.417 e.